The molecular weight excluding hydrogens is 496 g/mol. The molecule has 0 saturated carbocycles. The minimum absolute atomic E-state index is 0.121. The number of sulfonamides is 1. The Morgan fingerprint density at radius 3 is 2.43 bits per heavy atom. The van der Waals surface area contributed by atoms with Crippen molar-refractivity contribution in [3.05, 3.63) is 75.8 Å². The Kier molecular flexibility index (Phi) is 6.66. The maximum atomic E-state index is 12.8. The molecule has 4 rings (SSSR count). The molecule has 1 atom stereocenters. The zero-order valence-corrected chi connectivity index (χ0v) is 20.0. The Morgan fingerprint density at radius 2 is 1.74 bits per heavy atom. The molecule has 3 aromatic rings. The molecule has 0 fully saturated rings. The first-order valence-electron chi connectivity index (χ1n) is 10.4. The van der Waals surface area contributed by atoms with Crippen molar-refractivity contribution in [1.82, 2.24) is 0 Å². The van der Waals surface area contributed by atoms with E-state index in [0.717, 1.165) is 0 Å². The number of nitrogens with one attached hydrogen (secondary N) is 2. The summed E-state index contributed by atoms with van der Waals surface area (Å²) >= 11 is 6.40. The van der Waals surface area contributed by atoms with Crippen LogP contribution in [0, 0.1) is 10.1 Å². The normalized spacial score (nSPS) is 13.5. The molecule has 0 spiro atoms. The van der Waals surface area contributed by atoms with Gasteiger partial charge in [0.05, 0.1) is 45.8 Å². The van der Waals surface area contributed by atoms with Crippen LogP contribution in [0.3, 0.4) is 0 Å². The van der Waals surface area contributed by atoms with Gasteiger partial charge in [0.1, 0.15) is 0 Å². The van der Waals surface area contributed by atoms with Gasteiger partial charge in [-0.2, -0.15) is 0 Å². The number of primary sulfonamides is 1. The van der Waals surface area contributed by atoms with Crippen LogP contribution in [0.25, 0.3) is 11.1 Å². The van der Waals surface area contributed by atoms with Crippen LogP contribution in [-0.2, 0) is 10.0 Å². The smallest absolute Gasteiger partial charge is 0.310 e. The highest BCUT2D eigenvalue weighted by Gasteiger charge is 2.22. The number of nitrogens with two attached hydrogens (primary N) is 1. The first-order chi connectivity index (χ1) is 16.6. The van der Waals surface area contributed by atoms with E-state index >= 15 is 0 Å². The molecule has 0 bridgehead atoms. The third-order valence-corrected chi connectivity index (χ3v) is 6.83. The highest BCUT2D eigenvalue weighted by atomic mass is 35.5. The molecule has 182 valence electrons. The van der Waals surface area contributed by atoms with Crippen molar-refractivity contribution in [2.45, 2.75) is 11.8 Å². The van der Waals surface area contributed by atoms with Crippen molar-refractivity contribution in [2.24, 2.45) is 5.14 Å². The van der Waals surface area contributed by atoms with Gasteiger partial charge in [0.15, 0.2) is 5.75 Å². The van der Waals surface area contributed by atoms with Gasteiger partial charge in [-0.15, -0.1) is 11.6 Å². The lowest BCUT2D eigenvalue weighted by molar-refractivity contribution is -0.385. The summed E-state index contributed by atoms with van der Waals surface area (Å²) in [6, 6.07) is 14.8. The van der Waals surface area contributed by atoms with Gasteiger partial charge < -0.3 is 15.4 Å². The number of ether oxygens (including phenoxy) is 1. The zero-order valence-electron chi connectivity index (χ0n) is 18.4. The Labute approximate surface area is 206 Å². The summed E-state index contributed by atoms with van der Waals surface area (Å²) in [4.78, 5) is 23.5. The SMILES string of the molecule is COc1cc(-c2ccc3c(c2)Nc2cc(C(Cl)CCS(N)(=O)=O)ccc2NC3=O)ccc1[N+](=O)[O-]. The highest BCUT2D eigenvalue weighted by molar-refractivity contribution is 7.89. The van der Waals surface area contributed by atoms with E-state index in [1.165, 1.54) is 13.2 Å². The van der Waals surface area contributed by atoms with E-state index in [9.17, 15) is 23.3 Å². The van der Waals surface area contributed by atoms with Crippen LogP contribution < -0.4 is 20.5 Å². The van der Waals surface area contributed by atoms with Crippen molar-refractivity contribution >= 4 is 50.3 Å². The molecule has 35 heavy (non-hydrogen) atoms. The van der Waals surface area contributed by atoms with Crippen molar-refractivity contribution in [1.29, 1.82) is 0 Å². The van der Waals surface area contributed by atoms with Crippen molar-refractivity contribution in [3.8, 4) is 16.9 Å². The molecule has 4 N–H and O–H groups in total. The highest BCUT2D eigenvalue weighted by Crippen LogP contribution is 2.38. The summed E-state index contributed by atoms with van der Waals surface area (Å²) in [5, 5.41) is 21.8. The fraction of sp³-hybridized carbons (Fsp3) is 0.174. The van der Waals surface area contributed by atoms with Gasteiger partial charge in [-0.05, 0) is 59.5 Å². The topological polar surface area (TPSA) is 154 Å². The van der Waals surface area contributed by atoms with Crippen LogP contribution in [0.4, 0.5) is 22.7 Å². The van der Waals surface area contributed by atoms with Crippen LogP contribution in [0.5, 0.6) is 5.75 Å². The van der Waals surface area contributed by atoms with Crippen molar-refractivity contribution in [2.75, 3.05) is 23.5 Å². The number of fused-ring (bicyclic) bond motifs is 2. The fourth-order valence-electron chi connectivity index (χ4n) is 3.77. The number of halogens is 1. The molecule has 12 heteroatoms. The lowest BCUT2D eigenvalue weighted by Crippen LogP contribution is -2.17. The monoisotopic (exact) mass is 516 g/mol. The summed E-state index contributed by atoms with van der Waals surface area (Å²) in [7, 11) is -2.29. The summed E-state index contributed by atoms with van der Waals surface area (Å²) in [5.41, 5.74) is 3.91. The molecular formula is C23H21ClN4O6S. The van der Waals surface area contributed by atoms with Gasteiger partial charge in [0, 0.05) is 6.07 Å². The number of methoxy groups -OCH3 is 1. The minimum atomic E-state index is -3.64. The second-order valence-electron chi connectivity index (χ2n) is 7.91. The minimum Gasteiger partial charge on any atom is -0.490 e. The maximum Gasteiger partial charge on any atom is 0.310 e. The van der Waals surface area contributed by atoms with Crippen LogP contribution in [0.15, 0.2) is 54.6 Å². The number of carbonyl (C=O) groups excluding carboxylic acids is 1. The van der Waals surface area contributed by atoms with Gasteiger partial charge in [-0.1, -0.05) is 12.1 Å². The molecule has 1 aliphatic rings. The average Bonchev–Trinajstić information content (AvgIpc) is 2.96. The number of carbonyl (C=O) groups is 1. The molecule has 3 aromatic carbocycles. The summed E-state index contributed by atoms with van der Waals surface area (Å²) in [6.07, 6.45) is 0.133. The van der Waals surface area contributed by atoms with Crippen LogP contribution in [0.2, 0.25) is 0 Å². The quantitative estimate of drug-likeness (QED) is 0.236. The number of alkyl halides is 1. The molecule has 1 heterocycles. The number of nitrogens with zero attached hydrogens (tertiary/aromatic N) is 1. The van der Waals surface area contributed by atoms with Gasteiger partial charge in [0.2, 0.25) is 10.0 Å². The number of hydrogen-bond donors (Lipinski definition) is 3. The molecule has 1 aliphatic heterocycles. The van der Waals surface area contributed by atoms with Crippen LogP contribution in [-0.4, -0.2) is 32.1 Å². The molecule has 1 amide bonds. The fourth-order valence-corrected chi connectivity index (χ4v) is 4.71. The Morgan fingerprint density at radius 1 is 1.03 bits per heavy atom. The van der Waals surface area contributed by atoms with Crippen molar-refractivity contribution in [3.63, 3.8) is 0 Å². The number of benzene rings is 3. The average molecular weight is 517 g/mol. The van der Waals surface area contributed by atoms with E-state index < -0.39 is 20.3 Å². The number of hydrogen-bond acceptors (Lipinski definition) is 7. The predicted octanol–water partition coefficient (Wildman–Crippen LogP) is 4.54. The van der Waals surface area contributed by atoms with Crippen LogP contribution >= 0.6 is 11.6 Å². The van der Waals surface area contributed by atoms with Crippen LogP contribution in [0.1, 0.15) is 27.7 Å². The van der Waals surface area contributed by atoms with Gasteiger partial charge in [-0.3, -0.25) is 14.9 Å². The van der Waals surface area contributed by atoms with E-state index in [2.05, 4.69) is 10.6 Å². The summed E-state index contributed by atoms with van der Waals surface area (Å²) < 4.78 is 27.7. The number of anilines is 3. The largest absolute Gasteiger partial charge is 0.490 e. The number of rotatable bonds is 7. The third kappa shape index (κ3) is 5.37. The summed E-state index contributed by atoms with van der Waals surface area (Å²) in [5.74, 6) is -0.452. The first-order valence-corrected chi connectivity index (χ1v) is 12.5. The maximum absolute atomic E-state index is 12.8. The molecule has 0 saturated heterocycles. The standard InChI is InChI=1S/C23H21ClN4O6S/c1-34-22-12-14(4-7-21(22)28(30)31)13-2-5-16-19(10-13)26-20-11-15(3-6-18(20)27-23(16)29)17(24)8-9-35(25,32)33/h2-7,10-12,17,26H,8-9H2,1H3,(H,27,29)(H2,25,32,33). The molecule has 0 radical (unpaired) electrons. The van der Waals surface area contributed by atoms with Gasteiger partial charge in [-0.25, -0.2) is 13.6 Å². The first kappa shape index (κ1) is 24.5. The number of nitro benzene ring substituents is 1. The van der Waals surface area contributed by atoms with E-state index in [1.807, 2.05) is 0 Å². The molecule has 0 aromatic heterocycles. The second-order valence-corrected chi connectivity index (χ2v) is 10.2. The van der Waals surface area contributed by atoms with Gasteiger partial charge >= 0.3 is 5.69 Å². The van der Waals surface area contributed by atoms with Crippen molar-refractivity contribution < 1.29 is 22.9 Å². The predicted molar refractivity (Wildman–Crippen MR) is 134 cm³/mol. The second kappa shape index (κ2) is 9.53. The molecule has 1 unspecified atom stereocenters. The van der Waals surface area contributed by atoms with E-state index in [1.54, 1.807) is 48.5 Å². The Bertz CT molecular complexity index is 1440. The lowest BCUT2D eigenvalue weighted by Gasteiger charge is -2.14. The number of amides is 1. The summed E-state index contributed by atoms with van der Waals surface area (Å²) in [6.45, 7) is 0. The third-order valence-electron chi connectivity index (χ3n) is 5.55. The number of nitro groups is 1. The lowest BCUT2D eigenvalue weighted by atomic mass is 10.0. The zero-order chi connectivity index (χ0) is 25.3. The van der Waals surface area contributed by atoms with E-state index in [0.29, 0.717) is 39.3 Å². The van der Waals surface area contributed by atoms with E-state index in [-0.39, 0.29) is 29.5 Å². The van der Waals surface area contributed by atoms with Gasteiger partial charge in [0.25, 0.3) is 5.91 Å². The Balaban J connectivity index is 1.69. The molecule has 10 nitrogen and oxygen atoms in total. The van der Waals surface area contributed by atoms with E-state index in [4.69, 9.17) is 21.5 Å². The Hall–Kier alpha value is -3.67. The molecule has 0 aliphatic carbocycles.